The molecule has 0 saturated heterocycles. The minimum absolute atomic E-state index is 0.137. The van der Waals surface area contributed by atoms with Gasteiger partial charge in [-0.05, 0) is 32.8 Å². The van der Waals surface area contributed by atoms with E-state index in [0.717, 1.165) is 43.4 Å². The Morgan fingerprint density at radius 3 is 2.77 bits per heavy atom. The van der Waals surface area contributed by atoms with Gasteiger partial charge < -0.3 is 14.3 Å². The third-order valence-electron chi connectivity index (χ3n) is 4.87. The third kappa shape index (κ3) is 3.63. The van der Waals surface area contributed by atoms with Gasteiger partial charge in [-0.3, -0.25) is 4.79 Å². The van der Waals surface area contributed by atoms with Crippen LogP contribution in [0.1, 0.15) is 44.8 Å². The van der Waals surface area contributed by atoms with Crippen LogP contribution >= 0.6 is 11.8 Å². The Morgan fingerprint density at radius 1 is 1.42 bits per heavy atom. The molecular weight excluding hydrogens is 350 g/mol. The number of hydrogen-bond acceptors (Lipinski definition) is 6. The molecule has 7 nitrogen and oxygen atoms in total. The average molecular weight is 373 g/mol. The largest absolute Gasteiger partial charge is 0.469 e. The Kier molecular flexibility index (Phi) is 5.37. The summed E-state index contributed by atoms with van der Waals surface area (Å²) in [5, 5.41) is 21.2. The van der Waals surface area contributed by atoms with E-state index >= 15 is 0 Å². The van der Waals surface area contributed by atoms with E-state index in [-0.39, 0.29) is 11.2 Å². The Morgan fingerprint density at radius 2 is 2.15 bits per heavy atom. The van der Waals surface area contributed by atoms with Crippen molar-refractivity contribution in [1.82, 2.24) is 20.1 Å². The molecule has 1 aliphatic rings. The number of amides is 1. The Hall–Kier alpha value is -2.27. The van der Waals surface area contributed by atoms with Gasteiger partial charge in [0.05, 0.1) is 23.1 Å². The van der Waals surface area contributed by atoms with Crippen LogP contribution in [0.2, 0.25) is 0 Å². The van der Waals surface area contributed by atoms with Crippen LogP contribution in [0.3, 0.4) is 0 Å². The molecule has 0 bridgehead atoms. The van der Waals surface area contributed by atoms with Crippen molar-refractivity contribution in [3.05, 3.63) is 18.1 Å². The quantitative estimate of drug-likeness (QED) is 0.808. The summed E-state index contributed by atoms with van der Waals surface area (Å²) in [6.07, 6.45) is 6.14. The van der Waals surface area contributed by atoms with E-state index in [0.29, 0.717) is 11.0 Å². The molecule has 0 spiro atoms. The van der Waals surface area contributed by atoms with Crippen LogP contribution in [0.4, 0.5) is 0 Å². The lowest BCUT2D eigenvalue weighted by Gasteiger charge is -2.32. The second-order valence-electron chi connectivity index (χ2n) is 6.76. The van der Waals surface area contributed by atoms with Crippen molar-refractivity contribution in [2.75, 3.05) is 0 Å². The second-order valence-corrected chi connectivity index (χ2v) is 8.07. The maximum Gasteiger partial charge on any atom is 0.234 e. The molecule has 26 heavy (non-hydrogen) atoms. The Labute approximate surface area is 157 Å². The number of hydrogen-bond donors (Lipinski definition) is 1. The zero-order valence-corrected chi connectivity index (χ0v) is 16.1. The maximum absolute atomic E-state index is 12.6. The predicted octanol–water partition coefficient (Wildman–Crippen LogP) is 3.21. The van der Waals surface area contributed by atoms with Crippen molar-refractivity contribution >= 4 is 17.7 Å². The van der Waals surface area contributed by atoms with Gasteiger partial charge >= 0.3 is 0 Å². The van der Waals surface area contributed by atoms with Gasteiger partial charge in [-0.2, -0.15) is 5.26 Å². The Bertz CT molecular complexity index is 829. The van der Waals surface area contributed by atoms with Crippen molar-refractivity contribution in [2.45, 2.75) is 61.9 Å². The lowest BCUT2D eigenvalue weighted by atomic mass is 9.83. The molecule has 2 heterocycles. The van der Waals surface area contributed by atoms with Crippen LogP contribution in [0.5, 0.6) is 0 Å². The molecule has 1 saturated carbocycles. The van der Waals surface area contributed by atoms with Gasteiger partial charge in [0.1, 0.15) is 11.3 Å². The fourth-order valence-corrected chi connectivity index (χ4v) is 4.05. The SMILES string of the molecule is Cc1occc1-c1nnc(S[C@@H](C)C(=O)NC2(C#N)CCCCC2)n1C. The molecule has 3 rings (SSSR count). The summed E-state index contributed by atoms with van der Waals surface area (Å²) in [4.78, 5) is 12.6. The molecule has 2 aromatic rings. The van der Waals surface area contributed by atoms with Crippen LogP contribution in [-0.2, 0) is 11.8 Å². The van der Waals surface area contributed by atoms with Crippen molar-refractivity contribution in [1.29, 1.82) is 5.26 Å². The average Bonchev–Trinajstić information content (AvgIpc) is 3.21. The topological polar surface area (TPSA) is 96.7 Å². The summed E-state index contributed by atoms with van der Waals surface area (Å²) in [5.41, 5.74) is 0.165. The molecule has 2 aromatic heterocycles. The highest BCUT2D eigenvalue weighted by molar-refractivity contribution is 8.00. The smallest absolute Gasteiger partial charge is 0.234 e. The molecule has 1 aliphatic carbocycles. The van der Waals surface area contributed by atoms with Gasteiger partial charge in [0.15, 0.2) is 11.0 Å². The molecule has 1 N–H and O–H groups in total. The van der Waals surface area contributed by atoms with Gasteiger partial charge in [-0.1, -0.05) is 31.0 Å². The molecule has 0 aromatic carbocycles. The van der Waals surface area contributed by atoms with Crippen LogP contribution < -0.4 is 5.32 Å². The van der Waals surface area contributed by atoms with E-state index in [1.54, 1.807) is 6.26 Å². The van der Waals surface area contributed by atoms with Crippen LogP contribution in [0.25, 0.3) is 11.4 Å². The van der Waals surface area contributed by atoms with Gasteiger partial charge in [-0.25, -0.2) is 0 Å². The fraction of sp³-hybridized carbons (Fsp3) is 0.556. The molecule has 0 aliphatic heterocycles. The van der Waals surface area contributed by atoms with Crippen molar-refractivity contribution in [3.63, 3.8) is 0 Å². The summed E-state index contributed by atoms with van der Waals surface area (Å²) in [7, 11) is 1.87. The van der Waals surface area contributed by atoms with Crippen molar-refractivity contribution < 1.29 is 9.21 Å². The van der Waals surface area contributed by atoms with Gasteiger partial charge in [0.2, 0.25) is 5.91 Å². The number of furan rings is 1. The predicted molar refractivity (Wildman–Crippen MR) is 98.3 cm³/mol. The summed E-state index contributed by atoms with van der Waals surface area (Å²) in [5.74, 6) is 1.34. The normalized spacial score (nSPS) is 17.5. The number of nitrogens with one attached hydrogen (secondary N) is 1. The van der Waals surface area contributed by atoms with Gasteiger partial charge in [0.25, 0.3) is 0 Å². The van der Waals surface area contributed by atoms with Gasteiger partial charge in [-0.15, -0.1) is 10.2 Å². The first-order chi connectivity index (χ1) is 12.5. The number of thioether (sulfide) groups is 1. The summed E-state index contributed by atoms with van der Waals surface area (Å²) >= 11 is 1.34. The molecule has 138 valence electrons. The van der Waals surface area contributed by atoms with Crippen molar-refractivity contribution in [2.24, 2.45) is 7.05 Å². The first kappa shape index (κ1) is 18.5. The number of carbonyl (C=O) groups excluding carboxylic acids is 1. The molecule has 1 amide bonds. The lowest BCUT2D eigenvalue weighted by Crippen LogP contribution is -2.50. The van der Waals surface area contributed by atoms with E-state index < -0.39 is 5.54 Å². The zero-order valence-electron chi connectivity index (χ0n) is 15.3. The van der Waals surface area contributed by atoms with Crippen LogP contribution in [-0.4, -0.2) is 31.5 Å². The highest BCUT2D eigenvalue weighted by atomic mass is 32.2. The molecule has 0 unspecified atom stereocenters. The summed E-state index contributed by atoms with van der Waals surface area (Å²) in [6, 6.07) is 4.17. The first-order valence-electron chi connectivity index (χ1n) is 8.79. The monoisotopic (exact) mass is 373 g/mol. The number of aryl methyl sites for hydroxylation is 1. The van der Waals surface area contributed by atoms with E-state index in [9.17, 15) is 10.1 Å². The number of aromatic nitrogens is 3. The molecule has 1 fully saturated rings. The van der Waals surface area contributed by atoms with E-state index in [2.05, 4.69) is 21.6 Å². The number of carbonyl (C=O) groups is 1. The second kappa shape index (κ2) is 7.54. The third-order valence-corrected chi connectivity index (χ3v) is 6.00. The number of nitrogens with zero attached hydrogens (tertiary/aromatic N) is 4. The summed E-state index contributed by atoms with van der Waals surface area (Å²) < 4.78 is 7.18. The molecule has 0 radical (unpaired) electrons. The minimum atomic E-state index is -0.719. The van der Waals surface area contributed by atoms with Crippen LogP contribution in [0, 0.1) is 18.3 Å². The van der Waals surface area contributed by atoms with Crippen molar-refractivity contribution in [3.8, 4) is 17.5 Å². The summed E-state index contributed by atoms with van der Waals surface area (Å²) in [6.45, 7) is 3.70. The van der Waals surface area contributed by atoms with Crippen LogP contribution in [0.15, 0.2) is 21.9 Å². The molecular formula is C18H23N5O2S. The Balaban J connectivity index is 1.69. The number of rotatable bonds is 5. The highest BCUT2D eigenvalue weighted by Crippen LogP contribution is 2.30. The fourth-order valence-electron chi connectivity index (χ4n) is 3.24. The van der Waals surface area contributed by atoms with Gasteiger partial charge in [0, 0.05) is 7.05 Å². The zero-order chi connectivity index (χ0) is 18.7. The minimum Gasteiger partial charge on any atom is -0.469 e. The maximum atomic E-state index is 12.6. The first-order valence-corrected chi connectivity index (χ1v) is 9.67. The highest BCUT2D eigenvalue weighted by Gasteiger charge is 2.35. The van der Waals surface area contributed by atoms with E-state index in [1.165, 1.54) is 11.8 Å². The lowest BCUT2D eigenvalue weighted by molar-refractivity contribution is -0.121. The van der Waals surface area contributed by atoms with E-state index in [4.69, 9.17) is 4.42 Å². The molecule has 1 atom stereocenters. The standard InChI is InChI=1S/C18H23N5O2S/c1-12-14(7-10-25-12)15-21-22-17(23(15)3)26-13(2)16(24)20-18(11-19)8-5-4-6-9-18/h7,10,13H,4-6,8-9H2,1-3H3,(H,20,24)/t13-/m0/s1. The van der Waals surface area contributed by atoms with E-state index in [1.807, 2.05) is 31.5 Å². The molecule has 8 heteroatoms. The number of nitriles is 1.